The van der Waals surface area contributed by atoms with E-state index in [1.165, 1.54) is 10.9 Å². The molecular weight excluding hydrogens is 288 g/mol. The molecule has 124 valence electrons. The lowest BCUT2D eigenvalue weighted by Crippen LogP contribution is -2.42. The van der Waals surface area contributed by atoms with E-state index in [1.807, 2.05) is 24.1 Å². The summed E-state index contributed by atoms with van der Waals surface area (Å²) in [6, 6.07) is 8.27. The average molecular weight is 314 g/mol. The third-order valence-electron chi connectivity index (χ3n) is 4.89. The largest absolute Gasteiger partial charge is 0.376 e. The third kappa shape index (κ3) is 3.27. The Morgan fingerprint density at radius 1 is 1.39 bits per heavy atom. The molecule has 1 atom stereocenters. The lowest BCUT2D eigenvalue weighted by molar-refractivity contribution is -0.144. The van der Waals surface area contributed by atoms with Crippen molar-refractivity contribution in [2.75, 3.05) is 13.7 Å². The minimum Gasteiger partial charge on any atom is -0.376 e. The van der Waals surface area contributed by atoms with E-state index >= 15 is 0 Å². The number of amides is 1. The zero-order valence-electron chi connectivity index (χ0n) is 14.5. The van der Waals surface area contributed by atoms with Crippen LogP contribution in [0.5, 0.6) is 0 Å². The molecule has 0 bridgehead atoms. The van der Waals surface area contributed by atoms with Gasteiger partial charge < -0.3 is 14.6 Å². The van der Waals surface area contributed by atoms with E-state index in [-0.39, 0.29) is 17.4 Å². The minimum absolute atomic E-state index is 0.0634. The topological polar surface area (TPSA) is 45.3 Å². The highest BCUT2D eigenvalue weighted by Gasteiger charge is 2.34. The number of benzene rings is 1. The summed E-state index contributed by atoms with van der Waals surface area (Å²) in [6.07, 6.45) is 1.61. The SMILES string of the molecule is Cc1c(CN(C)C(=O)[C@@H]2CCOC(C)(C)C2)[nH]c2ccccc12. The van der Waals surface area contributed by atoms with Gasteiger partial charge in [-0.15, -0.1) is 0 Å². The molecule has 4 nitrogen and oxygen atoms in total. The van der Waals surface area contributed by atoms with E-state index in [4.69, 9.17) is 4.74 Å². The number of carbonyl (C=O) groups excluding carboxylic acids is 1. The molecule has 1 aromatic carbocycles. The Labute approximate surface area is 137 Å². The van der Waals surface area contributed by atoms with Gasteiger partial charge in [0.2, 0.25) is 5.91 Å². The number of ether oxygens (including phenoxy) is 1. The molecule has 1 amide bonds. The van der Waals surface area contributed by atoms with Crippen molar-refractivity contribution in [2.24, 2.45) is 5.92 Å². The van der Waals surface area contributed by atoms with Crippen LogP contribution in [0.3, 0.4) is 0 Å². The highest BCUT2D eigenvalue weighted by atomic mass is 16.5. The molecule has 0 radical (unpaired) electrons. The Morgan fingerprint density at radius 2 is 2.13 bits per heavy atom. The molecule has 1 saturated heterocycles. The highest BCUT2D eigenvalue weighted by molar-refractivity contribution is 5.84. The van der Waals surface area contributed by atoms with E-state index in [0.717, 1.165) is 24.1 Å². The smallest absolute Gasteiger partial charge is 0.225 e. The maximum Gasteiger partial charge on any atom is 0.225 e. The van der Waals surface area contributed by atoms with E-state index in [1.54, 1.807) is 0 Å². The van der Waals surface area contributed by atoms with Gasteiger partial charge in [-0.1, -0.05) is 18.2 Å². The van der Waals surface area contributed by atoms with Gasteiger partial charge in [0.15, 0.2) is 0 Å². The van der Waals surface area contributed by atoms with Gasteiger partial charge in [0.05, 0.1) is 12.1 Å². The number of nitrogens with one attached hydrogen (secondary N) is 1. The number of para-hydroxylation sites is 1. The maximum absolute atomic E-state index is 12.8. The standard InChI is InChI=1S/C19H26N2O2/c1-13-15-7-5-6-8-16(15)20-17(13)12-21(4)18(22)14-9-10-23-19(2,3)11-14/h5-8,14,20H,9-12H2,1-4H3/t14-/m1/s1. The number of carbonyl (C=O) groups is 1. The first kappa shape index (κ1) is 16.1. The van der Waals surface area contributed by atoms with Crippen LogP contribution in [-0.2, 0) is 16.1 Å². The first-order valence-electron chi connectivity index (χ1n) is 8.32. The normalized spacial score (nSPS) is 20.6. The third-order valence-corrected chi connectivity index (χ3v) is 4.89. The summed E-state index contributed by atoms with van der Waals surface area (Å²) >= 11 is 0. The summed E-state index contributed by atoms with van der Waals surface area (Å²) in [7, 11) is 1.90. The average Bonchev–Trinajstić information content (AvgIpc) is 2.82. The van der Waals surface area contributed by atoms with Gasteiger partial charge in [0.1, 0.15) is 0 Å². The van der Waals surface area contributed by atoms with Gasteiger partial charge in [0, 0.05) is 36.2 Å². The molecule has 1 aliphatic heterocycles. The molecule has 4 heteroatoms. The van der Waals surface area contributed by atoms with Crippen LogP contribution in [0.15, 0.2) is 24.3 Å². The molecule has 1 aromatic heterocycles. The van der Waals surface area contributed by atoms with Crippen molar-refractivity contribution >= 4 is 16.8 Å². The Kier molecular flexibility index (Phi) is 4.19. The monoisotopic (exact) mass is 314 g/mol. The molecule has 0 unspecified atom stereocenters. The summed E-state index contributed by atoms with van der Waals surface area (Å²) < 4.78 is 5.73. The molecule has 0 spiro atoms. The van der Waals surface area contributed by atoms with Gasteiger partial charge in [-0.3, -0.25) is 4.79 Å². The lowest BCUT2D eigenvalue weighted by Gasteiger charge is -2.36. The number of rotatable bonds is 3. The summed E-state index contributed by atoms with van der Waals surface area (Å²) in [5.41, 5.74) is 3.28. The fourth-order valence-corrected chi connectivity index (χ4v) is 3.57. The highest BCUT2D eigenvalue weighted by Crippen LogP contribution is 2.30. The number of aromatic amines is 1. The Morgan fingerprint density at radius 3 is 2.83 bits per heavy atom. The number of hydrogen-bond acceptors (Lipinski definition) is 2. The van der Waals surface area contributed by atoms with Crippen LogP contribution in [0.1, 0.15) is 37.9 Å². The first-order chi connectivity index (χ1) is 10.9. The Balaban J connectivity index is 1.74. The van der Waals surface area contributed by atoms with Crippen molar-refractivity contribution in [2.45, 2.75) is 45.8 Å². The van der Waals surface area contributed by atoms with Crippen LogP contribution in [0.25, 0.3) is 10.9 Å². The summed E-state index contributed by atoms with van der Waals surface area (Å²) in [6.45, 7) is 7.53. The number of hydrogen-bond donors (Lipinski definition) is 1. The number of aryl methyl sites for hydroxylation is 1. The molecular formula is C19H26N2O2. The van der Waals surface area contributed by atoms with E-state index < -0.39 is 0 Å². The Bertz CT molecular complexity index is 717. The fraction of sp³-hybridized carbons (Fsp3) is 0.526. The van der Waals surface area contributed by atoms with Crippen LogP contribution < -0.4 is 0 Å². The van der Waals surface area contributed by atoms with Crippen molar-refractivity contribution < 1.29 is 9.53 Å². The quantitative estimate of drug-likeness (QED) is 0.940. The van der Waals surface area contributed by atoms with Gasteiger partial charge >= 0.3 is 0 Å². The summed E-state index contributed by atoms with van der Waals surface area (Å²) in [5.74, 6) is 0.285. The lowest BCUT2D eigenvalue weighted by atomic mass is 9.87. The molecule has 23 heavy (non-hydrogen) atoms. The molecule has 2 heterocycles. The van der Waals surface area contributed by atoms with Gasteiger partial charge in [-0.2, -0.15) is 0 Å². The molecule has 1 N–H and O–H groups in total. The molecule has 1 aliphatic rings. The predicted molar refractivity (Wildman–Crippen MR) is 92.3 cm³/mol. The fourth-order valence-electron chi connectivity index (χ4n) is 3.57. The number of H-pyrrole nitrogens is 1. The zero-order valence-corrected chi connectivity index (χ0v) is 14.5. The molecule has 3 rings (SSSR count). The van der Waals surface area contributed by atoms with Gasteiger partial charge in [0.25, 0.3) is 0 Å². The van der Waals surface area contributed by atoms with E-state index in [9.17, 15) is 4.79 Å². The van der Waals surface area contributed by atoms with Crippen molar-refractivity contribution in [3.8, 4) is 0 Å². The molecule has 1 fully saturated rings. The van der Waals surface area contributed by atoms with Crippen molar-refractivity contribution in [1.82, 2.24) is 9.88 Å². The minimum atomic E-state index is -0.198. The number of nitrogens with zero attached hydrogens (tertiary/aromatic N) is 1. The van der Waals surface area contributed by atoms with Crippen LogP contribution >= 0.6 is 0 Å². The first-order valence-corrected chi connectivity index (χ1v) is 8.32. The van der Waals surface area contributed by atoms with Crippen molar-refractivity contribution in [1.29, 1.82) is 0 Å². The van der Waals surface area contributed by atoms with Crippen LogP contribution in [0.4, 0.5) is 0 Å². The maximum atomic E-state index is 12.8. The van der Waals surface area contributed by atoms with Crippen LogP contribution in [0.2, 0.25) is 0 Å². The second-order valence-corrected chi connectivity index (χ2v) is 7.27. The Hall–Kier alpha value is -1.81. The van der Waals surface area contributed by atoms with Crippen molar-refractivity contribution in [3.63, 3.8) is 0 Å². The number of aromatic nitrogens is 1. The van der Waals surface area contributed by atoms with E-state index in [0.29, 0.717) is 13.2 Å². The number of fused-ring (bicyclic) bond motifs is 1. The van der Waals surface area contributed by atoms with Crippen LogP contribution in [-0.4, -0.2) is 35.0 Å². The zero-order chi connectivity index (χ0) is 16.6. The van der Waals surface area contributed by atoms with Gasteiger partial charge in [-0.05, 0) is 45.2 Å². The van der Waals surface area contributed by atoms with Crippen molar-refractivity contribution in [3.05, 3.63) is 35.5 Å². The van der Waals surface area contributed by atoms with E-state index in [2.05, 4.69) is 37.9 Å². The van der Waals surface area contributed by atoms with Gasteiger partial charge in [-0.25, -0.2) is 0 Å². The molecule has 0 aliphatic carbocycles. The second-order valence-electron chi connectivity index (χ2n) is 7.27. The molecule has 0 saturated carbocycles. The predicted octanol–water partition coefficient (Wildman–Crippen LogP) is 3.64. The second kappa shape index (κ2) is 6.00. The summed E-state index contributed by atoms with van der Waals surface area (Å²) in [4.78, 5) is 18.1. The molecule has 2 aromatic rings. The summed E-state index contributed by atoms with van der Waals surface area (Å²) in [5, 5.41) is 1.23. The van der Waals surface area contributed by atoms with Crippen LogP contribution in [0, 0.1) is 12.8 Å².